The number of hydrogen-bond acceptors (Lipinski definition) is 8. The van der Waals surface area contributed by atoms with E-state index in [9.17, 15) is 8.42 Å². The normalized spacial score (nSPS) is 11.7. The second-order valence-corrected chi connectivity index (χ2v) is 10.2. The molecule has 0 atom stereocenters. The molecular weight excluding hydrogens is 390 g/mol. The van der Waals surface area contributed by atoms with E-state index in [-0.39, 0.29) is 5.75 Å². The Morgan fingerprint density at radius 2 is 1.96 bits per heavy atom. The quantitative estimate of drug-likeness (QED) is 0.501. The van der Waals surface area contributed by atoms with Crippen molar-refractivity contribution in [3.8, 4) is 11.3 Å². The first-order valence-electron chi connectivity index (χ1n) is 8.14. The molecule has 0 N–H and O–H groups in total. The van der Waals surface area contributed by atoms with E-state index in [1.165, 1.54) is 18.0 Å². The standard InChI is InChI=1S/C16H19N5O2S3/c1-26(22,23)11-7-3-6-10-21-15(18-19-20-21)25-16-17-14(12-24-16)13-8-4-2-5-9-13/h2,4-5,8-9,12H,3,6-7,10-11H2,1H3. The number of hydrogen-bond donors (Lipinski definition) is 0. The third-order valence-electron chi connectivity index (χ3n) is 3.62. The zero-order valence-electron chi connectivity index (χ0n) is 14.3. The first-order chi connectivity index (χ1) is 12.5. The Bertz CT molecular complexity index is 938. The smallest absolute Gasteiger partial charge is 0.216 e. The predicted molar refractivity (Wildman–Crippen MR) is 103 cm³/mol. The van der Waals surface area contributed by atoms with Crippen LogP contribution >= 0.6 is 23.1 Å². The fraction of sp³-hybridized carbons (Fsp3) is 0.375. The van der Waals surface area contributed by atoms with Gasteiger partial charge >= 0.3 is 0 Å². The Kier molecular flexibility index (Phi) is 6.38. The lowest BCUT2D eigenvalue weighted by atomic mass is 10.2. The summed E-state index contributed by atoms with van der Waals surface area (Å²) in [6.07, 6.45) is 3.59. The molecule has 0 unspecified atom stereocenters. The minimum Gasteiger partial charge on any atom is -0.229 e. The summed E-state index contributed by atoms with van der Waals surface area (Å²) in [4.78, 5) is 4.64. The second-order valence-electron chi connectivity index (χ2n) is 5.84. The average Bonchev–Trinajstić information content (AvgIpc) is 3.25. The SMILES string of the molecule is CS(=O)(=O)CCCCCn1nnnc1Sc1nc(-c2ccccc2)cs1. The van der Waals surface area contributed by atoms with Gasteiger partial charge in [-0.1, -0.05) is 36.8 Å². The molecule has 26 heavy (non-hydrogen) atoms. The third-order valence-corrected chi connectivity index (χ3v) is 6.56. The van der Waals surface area contributed by atoms with Crippen LogP contribution in [0.5, 0.6) is 0 Å². The zero-order chi connectivity index (χ0) is 18.4. The van der Waals surface area contributed by atoms with Crippen LogP contribution in [0, 0.1) is 0 Å². The molecule has 0 aliphatic rings. The number of benzene rings is 1. The van der Waals surface area contributed by atoms with Crippen LogP contribution in [0.3, 0.4) is 0 Å². The maximum absolute atomic E-state index is 11.1. The highest BCUT2D eigenvalue weighted by Crippen LogP contribution is 2.31. The van der Waals surface area contributed by atoms with Crippen LogP contribution < -0.4 is 0 Å². The molecule has 0 saturated carbocycles. The predicted octanol–water partition coefficient (Wildman–Crippen LogP) is 3.16. The van der Waals surface area contributed by atoms with E-state index in [1.54, 1.807) is 16.0 Å². The van der Waals surface area contributed by atoms with Gasteiger partial charge in [0.2, 0.25) is 5.16 Å². The van der Waals surface area contributed by atoms with Crippen LogP contribution in [-0.2, 0) is 16.4 Å². The number of unbranched alkanes of at least 4 members (excludes halogenated alkanes) is 2. The summed E-state index contributed by atoms with van der Waals surface area (Å²) in [5.74, 6) is 0.228. The number of rotatable bonds is 9. The summed E-state index contributed by atoms with van der Waals surface area (Å²) in [7, 11) is -2.89. The number of tetrazole rings is 1. The van der Waals surface area contributed by atoms with Gasteiger partial charge in [0.1, 0.15) is 9.84 Å². The van der Waals surface area contributed by atoms with Crippen LogP contribution in [0.2, 0.25) is 0 Å². The van der Waals surface area contributed by atoms with E-state index >= 15 is 0 Å². The van der Waals surface area contributed by atoms with Gasteiger partial charge in [-0.25, -0.2) is 18.1 Å². The maximum Gasteiger partial charge on any atom is 0.216 e. The van der Waals surface area contributed by atoms with Crippen LogP contribution in [0.25, 0.3) is 11.3 Å². The first kappa shape index (κ1) is 19.0. The highest BCUT2D eigenvalue weighted by molar-refractivity contribution is 8.00. The van der Waals surface area contributed by atoms with Crippen LogP contribution in [0.15, 0.2) is 45.2 Å². The molecular formula is C16H19N5O2S3. The van der Waals surface area contributed by atoms with Crippen molar-refractivity contribution in [2.24, 2.45) is 0 Å². The lowest BCUT2D eigenvalue weighted by molar-refractivity contribution is 0.505. The summed E-state index contributed by atoms with van der Waals surface area (Å²) in [6, 6.07) is 10.0. The lowest BCUT2D eigenvalue weighted by Crippen LogP contribution is -2.05. The highest BCUT2D eigenvalue weighted by atomic mass is 32.2. The zero-order valence-corrected chi connectivity index (χ0v) is 16.7. The molecule has 138 valence electrons. The molecule has 10 heteroatoms. The molecule has 0 saturated heterocycles. The van der Waals surface area contributed by atoms with E-state index in [1.807, 2.05) is 35.7 Å². The van der Waals surface area contributed by atoms with E-state index < -0.39 is 9.84 Å². The topological polar surface area (TPSA) is 90.6 Å². The monoisotopic (exact) mass is 409 g/mol. The average molecular weight is 410 g/mol. The van der Waals surface area contributed by atoms with E-state index in [0.717, 1.165) is 28.4 Å². The van der Waals surface area contributed by atoms with Crippen molar-refractivity contribution >= 4 is 32.9 Å². The molecule has 3 aromatic rings. The van der Waals surface area contributed by atoms with Gasteiger partial charge in [-0.15, -0.1) is 16.4 Å². The fourth-order valence-corrected chi connectivity index (χ4v) is 4.79. The highest BCUT2D eigenvalue weighted by Gasteiger charge is 2.12. The molecule has 7 nitrogen and oxygen atoms in total. The maximum atomic E-state index is 11.1. The fourth-order valence-electron chi connectivity index (χ4n) is 2.34. The van der Waals surface area contributed by atoms with Crippen molar-refractivity contribution in [1.82, 2.24) is 25.2 Å². The van der Waals surface area contributed by atoms with Gasteiger partial charge in [-0.3, -0.25) is 0 Å². The number of thiazole rings is 1. The van der Waals surface area contributed by atoms with E-state index in [0.29, 0.717) is 18.1 Å². The number of aryl methyl sites for hydroxylation is 1. The Balaban J connectivity index is 1.55. The molecule has 0 radical (unpaired) electrons. The summed E-state index contributed by atoms with van der Waals surface area (Å²) in [5.41, 5.74) is 2.03. The molecule has 3 rings (SSSR count). The van der Waals surface area contributed by atoms with Gasteiger partial charge in [0.15, 0.2) is 4.34 Å². The summed E-state index contributed by atoms with van der Waals surface area (Å²) < 4.78 is 24.9. The molecule has 0 fully saturated rings. The molecule has 2 aromatic heterocycles. The molecule has 0 spiro atoms. The van der Waals surface area contributed by atoms with Gasteiger partial charge in [0, 0.05) is 29.5 Å². The summed E-state index contributed by atoms with van der Waals surface area (Å²) >= 11 is 3.01. The third kappa shape index (κ3) is 5.61. The van der Waals surface area contributed by atoms with Crippen molar-refractivity contribution in [2.45, 2.75) is 35.3 Å². The molecule has 1 aromatic carbocycles. The van der Waals surface area contributed by atoms with Crippen molar-refractivity contribution in [3.63, 3.8) is 0 Å². The first-order valence-corrected chi connectivity index (χ1v) is 11.9. The Hall–Kier alpha value is -1.78. The summed E-state index contributed by atoms with van der Waals surface area (Å²) in [6.45, 7) is 0.663. The van der Waals surface area contributed by atoms with Gasteiger partial charge in [0.05, 0.1) is 5.69 Å². The van der Waals surface area contributed by atoms with Gasteiger partial charge < -0.3 is 0 Å². The number of nitrogens with zero attached hydrogens (tertiary/aromatic N) is 5. The van der Waals surface area contributed by atoms with Crippen LogP contribution in [0.4, 0.5) is 0 Å². The molecule has 0 aliphatic carbocycles. The van der Waals surface area contributed by atoms with Crippen molar-refractivity contribution in [3.05, 3.63) is 35.7 Å². The van der Waals surface area contributed by atoms with Crippen molar-refractivity contribution in [1.29, 1.82) is 0 Å². The molecule has 2 heterocycles. The van der Waals surface area contributed by atoms with Crippen LogP contribution in [-0.4, -0.2) is 45.6 Å². The summed E-state index contributed by atoms with van der Waals surface area (Å²) in [5, 5.41) is 14.5. The largest absolute Gasteiger partial charge is 0.229 e. The Morgan fingerprint density at radius 3 is 2.73 bits per heavy atom. The van der Waals surface area contributed by atoms with Crippen molar-refractivity contribution in [2.75, 3.05) is 12.0 Å². The van der Waals surface area contributed by atoms with Crippen LogP contribution in [0.1, 0.15) is 19.3 Å². The van der Waals surface area contributed by atoms with Gasteiger partial charge in [-0.05, 0) is 35.0 Å². The number of aromatic nitrogens is 5. The van der Waals surface area contributed by atoms with Crippen molar-refractivity contribution < 1.29 is 8.42 Å². The molecule has 0 amide bonds. The Labute approximate surface area is 160 Å². The Morgan fingerprint density at radius 1 is 1.15 bits per heavy atom. The van der Waals surface area contributed by atoms with Gasteiger partial charge in [-0.2, -0.15) is 0 Å². The molecule has 0 bridgehead atoms. The lowest BCUT2D eigenvalue weighted by Gasteiger charge is -2.03. The van der Waals surface area contributed by atoms with E-state index in [4.69, 9.17) is 0 Å². The minimum absolute atomic E-state index is 0.228. The number of sulfone groups is 1. The second kappa shape index (κ2) is 8.74. The van der Waals surface area contributed by atoms with Gasteiger partial charge in [0.25, 0.3) is 0 Å². The molecule has 0 aliphatic heterocycles. The van der Waals surface area contributed by atoms with E-state index in [2.05, 4.69) is 20.5 Å². The minimum atomic E-state index is -2.89.